The maximum atomic E-state index is 14.0. The van der Waals surface area contributed by atoms with Gasteiger partial charge in [0, 0.05) is 22.9 Å². The van der Waals surface area contributed by atoms with E-state index in [-0.39, 0.29) is 23.6 Å². The van der Waals surface area contributed by atoms with Crippen LogP contribution in [0.4, 0.5) is 4.39 Å². The topological polar surface area (TPSA) is 88.2 Å². The summed E-state index contributed by atoms with van der Waals surface area (Å²) in [5.41, 5.74) is 4.92. The lowest BCUT2D eigenvalue weighted by atomic mass is 9.91. The Morgan fingerprint density at radius 1 is 0.891 bits per heavy atom. The molecular weight excluding hydrogens is 579 g/mol. The number of rotatable bonds is 8. The van der Waals surface area contributed by atoms with Crippen LogP contribution < -0.4 is 4.74 Å². The maximum Gasteiger partial charge on any atom is 0.272 e. The van der Waals surface area contributed by atoms with Crippen LogP contribution in [0.25, 0.3) is 23.0 Å². The van der Waals surface area contributed by atoms with Crippen LogP contribution in [0.1, 0.15) is 36.6 Å². The van der Waals surface area contributed by atoms with Gasteiger partial charge in [0.05, 0.1) is 17.4 Å². The van der Waals surface area contributed by atoms with E-state index in [1.165, 1.54) is 12.1 Å². The van der Waals surface area contributed by atoms with Crippen molar-refractivity contribution in [3.05, 3.63) is 155 Å². The van der Waals surface area contributed by atoms with Crippen molar-refractivity contribution in [3.8, 4) is 28.8 Å². The van der Waals surface area contributed by atoms with Crippen LogP contribution in [0.5, 0.6) is 5.75 Å². The molecule has 8 heteroatoms. The number of nitriles is 1. The van der Waals surface area contributed by atoms with Gasteiger partial charge in [-0.05, 0) is 85.2 Å². The molecule has 5 aromatic rings. The van der Waals surface area contributed by atoms with Gasteiger partial charge < -0.3 is 4.74 Å². The minimum absolute atomic E-state index is 0.0757. The van der Waals surface area contributed by atoms with Crippen molar-refractivity contribution in [2.75, 3.05) is 0 Å². The fourth-order valence-corrected chi connectivity index (χ4v) is 5.37. The molecule has 0 N–H and O–H groups in total. The third-order valence-electron chi connectivity index (χ3n) is 7.95. The van der Waals surface area contributed by atoms with Crippen molar-refractivity contribution in [2.45, 2.75) is 26.5 Å². The number of para-hydroxylation sites is 1. The van der Waals surface area contributed by atoms with Gasteiger partial charge in [-0.25, -0.2) is 9.07 Å². The van der Waals surface area contributed by atoms with Crippen LogP contribution in [0.2, 0.25) is 0 Å². The van der Waals surface area contributed by atoms with Gasteiger partial charge in [0.1, 0.15) is 29.8 Å². The molecule has 0 aliphatic carbocycles. The quantitative estimate of drug-likeness (QED) is 0.134. The lowest BCUT2D eigenvalue weighted by molar-refractivity contribution is -0.143. The van der Waals surface area contributed by atoms with E-state index in [2.05, 4.69) is 0 Å². The Bertz CT molecular complexity index is 2010. The fraction of sp³-hybridized carbons (Fsp3) is 0.105. The largest absolute Gasteiger partial charge is 0.489 e. The van der Waals surface area contributed by atoms with Crippen LogP contribution in [-0.4, -0.2) is 26.5 Å². The number of ether oxygens (including phenoxy) is 1. The number of benzene rings is 4. The lowest BCUT2D eigenvalue weighted by Gasteiger charge is -2.32. The molecule has 0 saturated carbocycles. The highest BCUT2D eigenvalue weighted by molar-refractivity contribution is 6.20. The molecule has 2 amide bonds. The monoisotopic (exact) mass is 608 g/mol. The Hall–Kier alpha value is -6.07. The van der Waals surface area contributed by atoms with E-state index in [0.29, 0.717) is 22.6 Å². The van der Waals surface area contributed by atoms with Crippen molar-refractivity contribution < 1.29 is 18.7 Å². The molecular formula is C38H29FN4O3. The van der Waals surface area contributed by atoms with E-state index in [4.69, 9.17) is 9.84 Å². The van der Waals surface area contributed by atoms with Crippen molar-refractivity contribution >= 4 is 17.9 Å². The second kappa shape index (κ2) is 12.9. The molecule has 0 bridgehead atoms. The lowest BCUT2D eigenvalue weighted by Crippen LogP contribution is -2.44. The SMILES string of the molecule is CC1=C(C#N)C(=O)N(C(C)c2ccccc2)C(=O)/C1=C/c1cn(-c2ccccc2)nc1-c1ccc(OCc2ccc(F)cc2)cc1. The number of imide groups is 1. The smallest absolute Gasteiger partial charge is 0.272 e. The zero-order valence-electron chi connectivity index (χ0n) is 25.2. The Morgan fingerprint density at radius 2 is 1.54 bits per heavy atom. The second-order valence-corrected chi connectivity index (χ2v) is 10.9. The number of aromatic nitrogens is 2. The molecule has 0 spiro atoms. The predicted octanol–water partition coefficient (Wildman–Crippen LogP) is 7.61. The van der Waals surface area contributed by atoms with Gasteiger partial charge in [-0.3, -0.25) is 14.5 Å². The summed E-state index contributed by atoms with van der Waals surface area (Å²) in [5.74, 6) is -0.779. The second-order valence-electron chi connectivity index (χ2n) is 10.9. The van der Waals surface area contributed by atoms with Gasteiger partial charge in [0.25, 0.3) is 11.8 Å². The minimum Gasteiger partial charge on any atom is -0.489 e. The molecule has 1 aliphatic heterocycles. The Balaban J connectivity index is 1.39. The standard InChI is InChI=1S/C38H29FN4O3/c1-25-34(37(44)43(38(45)35(25)22-40)26(2)28-9-5-3-6-10-28)21-30-23-42(32-11-7-4-8-12-32)41-36(30)29-15-19-33(20-16-29)46-24-27-13-17-31(39)18-14-27/h3-21,23,26H,24H2,1-2H3/b34-21+. The molecule has 0 radical (unpaired) electrons. The number of carbonyl (C=O) groups is 2. The molecule has 0 fully saturated rings. The third kappa shape index (κ3) is 5.99. The van der Waals surface area contributed by atoms with Crippen molar-refractivity contribution in [3.63, 3.8) is 0 Å². The molecule has 1 unspecified atom stereocenters. The van der Waals surface area contributed by atoms with Crippen LogP contribution in [0.15, 0.2) is 132 Å². The van der Waals surface area contributed by atoms with E-state index in [1.54, 1.807) is 36.7 Å². The van der Waals surface area contributed by atoms with Crippen LogP contribution in [0, 0.1) is 17.1 Å². The molecule has 0 saturated heterocycles. The average Bonchev–Trinajstić information content (AvgIpc) is 3.51. The number of hydrogen-bond donors (Lipinski definition) is 0. The van der Waals surface area contributed by atoms with Crippen LogP contribution in [-0.2, 0) is 16.2 Å². The van der Waals surface area contributed by atoms with Crippen LogP contribution >= 0.6 is 0 Å². The Kier molecular flexibility index (Phi) is 8.40. The number of nitrogens with zero attached hydrogens (tertiary/aromatic N) is 4. The summed E-state index contributed by atoms with van der Waals surface area (Å²) in [7, 11) is 0. The first kappa shape index (κ1) is 30.0. The number of hydrogen-bond acceptors (Lipinski definition) is 5. The van der Waals surface area contributed by atoms with Gasteiger partial charge in [0.2, 0.25) is 0 Å². The molecule has 46 heavy (non-hydrogen) atoms. The number of carbonyl (C=O) groups excluding carboxylic acids is 2. The molecule has 7 nitrogen and oxygen atoms in total. The van der Waals surface area contributed by atoms with Gasteiger partial charge in [-0.15, -0.1) is 0 Å². The summed E-state index contributed by atoms with van der Waals surface area (Å²) in [6, 6.07) is 33.8. The van der Waals surface area contributed by atoms with Crippen molar-refractivity contribution in [1.82, 2.24) is 14.7 Å². The van der Waals surface area contributed by atoms with Crippen LogP contribution in [0.3, 0.4) is 0 Å². The molecule has 1 atom stereocenters. The Morgan fingerprint density at radius 3 is 2.20 bits per heavy atom. The zero-order chi connectivity index (χ0) is 32.2. The average molecular weight is 609 g/mol. The van der Waals surface area contributed by atoms with Crippen molar-refractivity contribution in [1.29, 1.82) is 5.26 Å². The first-order chi connectivity index (χ1) is 22.3. The summed E-state index contributed by atoms with van der Waals surface area (Å²) in [5, 5.41) is 14.8. The summed E-state index contributed by atoms with van der Waals surface area (Å²) < 4.78 is 20.9. The first-order valence-electron chi connectivity index (χ1n) is 14.7. The van der Waals surface area contributed by atoms with Gasteiger partial charge in [-0.2, -0.15) is 10.4 Å². The molecule has 4 aromatic carbocycles. The van der Waals surface area contributed by atoms with E-state index in [9.17, 15) is 19.2 Å². The van der Waals surface area contributed by atoms with E-state index < -0.39 is 17.9 Å². The highest BCUT2D eigenvalue weighted by Gasteiger charge is 2.39. The van der Waals surface area contributed by atoms with E-state index in [1.807, 2.05) is 97.2 Å². The number of halogens is 1. The Labute approximate surface area is 266 Å². The highest BCUT2D eigenvalue weighted by Crippen LogP contribution is 2.35. The third-order valence-corrected chi connectivity index (χ3v) is 7.95. The molecule has 1 aromatic heterocycles. The molecule has 1 aliphatic rings. The predicted molar refractivity (Wildman–Crippen MR) is 173 cm³/mol. The van der Waals surface area contributed by atoms with E-state index >= 15 is 0 Å². The van der Waals surface area contributed by atoms with E-state index in [0.717, 1.165) is 27.3 Å². The molecule has 226 valence electrons. The highest BCUT2D eigenvalue weighted by atomic mass is 19.1. The van der Waals surface area contributed by atoms with Gasteiger partial charge >= 0.3 is 0 Å². The zero-order valence-corrected chi connectivity index (χ0v) is 25.2. The number of amides is 2. The van der Waals surface area contributed by atoms with Gasteiger partial charge in [-0.1, -0.05) is 60.7 Å². The maximum absolute atomic E-state index is 14.0. The minimum atomic E-state index is -0.616. The summed E-state index contributed by atoms with van der Waals surface area (Å²) in [6.45, 7) is 3.68. The first-order valence-corrected chi connectivity index (χ1v) is 14.7. The summed E-state index contributed by atoms with van der Waals surface area (Å²) in [4.78, 5) is 28.6. The van der Waals surface area contributed by atoms with Gasteiger partial charge in [0.15, 0.2) is 0 Å². The fourth-order valence-electron chi connectivity index (χ4n) is 5.37. The molecule has 6 rings (SSSR count). The molecule has 2 heterocycles. The summed E-state index contributed by atoms with van der Waals surface area (Å²) >= 11 is 0. The normalized spacial score (nSPS) is 14.8. The summed E-state index contributed by atoms with van der Waals surface area (Å²) in [6.07, 6.45) is 3.53. The van der Waals surface area contributed by atoms with Crippen molar-refractivity contribution in [2.24, 2.45) is 0 Å².